The van der Waals surface area contributed by atoms with Crippen LogP contribution < -0.4 is 15.4 Å². The summed E-state index contributed by atoms with van der Waals surface area (Å²) < 4.78 is 41.4. The minimum Gasteiger partial charge on any atom is -0.504 e. The Kier molecular flexibility index (Phi) is 9.77. The normalized spacial score (nSPS) is 11.6. The molecule has 9 heteroatoms. The van der Waals surface area contributed by atoms with Crippen LogP contribution in [-0.2, 0) is 6.54 Å². The highest BCUT2D eigenvalue weighted by atomic mass is 127. The number of nitrogens with zero attached hydrogens (tertiary/aromatic N) is 1. The Morgan fingerprint density at radius 3 is 2.57 bits per heavy atom. The van der Waals surface area contributed by atoms with Gasteiger partial charge in [-0.05, 0) is 13.0 Å². The van der Waals surface area contributed by atoms with Gasteiger partial charge in [-0.1, -0.05) is 12.1 Å². The molecule has 3 N–H and O–H groups in total. The van der Waals surface area contributed by atoms with Crippen molar-refractivity contribution in [3.05, 3.63) is 23.8 Å². The molecule has 0 atom stereocenters. The molecule has 0 radical (unpaired) electrons. The molecule has 0 saturated heterocycles. The van der Waals surface area contributed by atoms with Crippen LogP contribution in [0.5, 0.6) is 11.5 Å². The molecular formula is C14H21F3IN3O2. The zero-order valence-electron chi connectivity index (χ0n) is 12.9. The van der Waals surface area contributed by atoms with E-state index in [9.17, 15) is 18.3 Å². The molecule has 1 aromatic carbocycles. The fourth-order valence-corrected chi connectivity index (χ4v) is 1.69. The van der Waals surface area contributed by atoms with E-state index in [1.165, 1.54) is 7.11 Å². The number of phenolic OH excluding ortho intramolecular Hbond substituents is 1. The number of aliphatic imine (C=N–C) groups is 1. The average molecular weight is 447 g/mol. The van der Waals surface area contributed by atoms with Crippen LogP contribution in [-0.4, -0.2) is 37.4 Å². The summed E-state index contributed by atoms with van der Waals surface area (Å²) in [5.41, 5.74) is 0.521. The number of hydrogen-bond acceptors (Lipinski definition) is 3. The largest absolute Gasteiger partial charge is 0.504 e. The van der Waals surface area contributed by atoms with Gasteiger partial charge < -0.3 is 20.5 Å². The SMILES string of the molecule is CCNC(=NCc1cccc(OC)c1O)NCCC(F)(F)F.I. The first-order valence-electron chi connectivity index (χ1n) is 6.81. The third-order valence-corrected chi connectivity index (χ3v) is 2.76. The predicted molar refractivity (Wildman–Crippen MR) is 93.6 cm³/mol. The average Bonchev–Trinajstić information content (AvgIpc) is 2.44. The van der Waals surface area contributed by atoms with E-state index in [-0.39, 0.29) is 48.8 Å². The van der Waals surface area contributed by atoms with Gasteiger partial charge in [-0.3, -0.25) is 0 Å². The van der Waals surface area contributed by atoms with Crippen LogP contribution in [0.4, 0.5) is 13.2 Å². The van der Waals surface area contributed by atoms with E-state index in [2.05, 4.69) is 15.6 Å². The van der Waals surface area contributed by atoms with Crippen molar-refractivity contribution >= 4 is 29.9 Å². The van der Waals surface area contributed by atoms with Crippen molar-refractivity contribution in [2.45, 2.75) is 26.1 Å². The lowest BCUT2D eigenvalue weighted by Crippen LogP contribution is -2.38. The molecule has 0 bridgehead atoms. The molecule has 5 nitrogen and oxygen atoms in total. The molecule has 0 unspecified atom stereocenters. The van der Waals surface area contributed by atoms with E-state index in [0.717, 1.165) is 0 Å². The van der Waals surface area contributed by atoms with Crippen molar-refractivity contribution < 1.29 is 23.0 Å². The van der Waals surface area contributed by atoms with Gasteiger partial charge in [-0.2, -0.15) is 13.2 Å². The van der Waals surface area contributed by atoms with Crippen molar-refractivity contribution in [1.82, 2.24) is 10.6 Å². The first-order chi connectivity index (χ1) is 10.4. The number of rotatable bonds is 6. The quantitative estimate of drug-likeness (QED) is 0.357. The van der Waals surface area contributed by atoms with Gasteiger partial charge >= 0.3 is 6.18 Å². The van der Waals surface area contributed by atoms with Gasteiger partial charge in [0.1, 0.15) is 0 Å². The minimum absolute atomic E-state index is 0. The second kappa shape index (κ2) is 10.4. The van der Waals surface area contributed by atoms with Crippen molar-refractivity contribution in [2.24, 2.45) is 4.99 Å². The highest BCUT2D eigenvalue weighted by Gasteiger charge is 2.26. The summed E-state index contributed by atoms with van der Waals surface area (Å²) in [6.07, 6.45) is -5.16. The van der Waals surface area contributed by atoms with Gasteiger partial charge in [-0.15, -0.1) is 24.0 Å². The molecule has 0 spiro atoms. The number of para-hydroxylation sites is 1. The zero-order valence-corrected chi connectivity index (χ0v) is 15.2. The number of benzene rings is 1. The number of hydrogen-bond donors (Lipinski definition) is 3. The highest BCUT2D eigenvalue weighted by Crippen LogP contribution is 2.29. The number of aromatic hydroxyl groups is 1. The Balaban J connectivity index is 0.00000484. The number of halogens is 4. The summed E-state index contributed by atoms with van der Waals surface area (Å²) in [6.45, 7) is 2.18. The van der Waals surface area contributed by atoms with E-state index >= 15 is 0 Å². The first-order valence-corrected chi connectivity index (χ1v) is 6.81. The fourth-order valence-electron chi connectivity index (χ4n) is 1.69. The Morgan fingerprint density at radius 1 is 1.30 bits per heavy atom. The topological polar surface area (TPSA) is 65.9 Å². The van der Waals surface area contributed by atoms with E-state index in [1.54, 1.807) is 18.2 Å². The predicted octanol–water partition coefficient (Wildman–Crippen LogP) is 3.03. The van der Waals surface area contributed by atoms with Crippen LogP contribution in [0.25, 0.3) is 0 Å². The molecule has 0 aliphatic rings. The van der Waals surface area contributed by atoms with Crippen LogP contribution in [0.3, 0.4) is 0 Å². The molecule has 0 amide bonds. The van der Waals surface area contributed by atoms with Crippen LogP contribution in [0.15, 0.2) is 23.2 Å². The Morgan fingerprint density at radius 2 is 2.00 bits per heavy atom. The van der Waals surface area contributed by atoms with E-state index in [4.69, 9.17) is 4.74 Å². The van der Waals surface area contributed by atoms with E-state index in [1.807, 2.05) is 6.92 Å². The molecular weight excluding hydrogens is 426 g/mol. The molecule has 0 saturated carbocycles. The fraction of sp³-hybridized carbons (Fsp3) is 0.500. The zero-order chi connectivity index (χ0) is 16.6. The maximum absolute atomic E-state index is 12.1. The van der Waals surface area contributed by atoms with Crippen LogP contribution in [0.1, 0.15) is 18.9 Å². The number of ether oxygens (including phenoxy) is 1. The highest BCUT2D eigenvalue weighted by molar-refractivity contribution is 14.0. The lowest BCUT2D eigenvalue weighted by atomic mass is 10.2. The number of guanidine groups is 1. The van der Waals surface area contributed by atoms with Gasteiger partial charge in [0.25, 0.3) is 0 Å². The summed E-state index contributed by atoms with van der Waals surface area (Å²) >= 11 is 0. The molecule has 1 rings (SSSR count). The maximum atomic E-state index is 12.1. The number of methoxy groups -OCH3 is 1. The Labute approximate surface area is 150 Å². The lowest BCUT2D eigenvalue weighted by molar-refractivity contribution is -0.132. The molecule has 0 heterocycles. The van der Waals surface area contributed by atoms with Crippen molar-refractivity contribution in [3.8, 4) is 11.5 Å². The third kappa shape index (κ3) is 8.14. The van der Waals surface area contributed by atoms with Crippen molar-refractivity contribution in [1.29, 1.82) is 0 Å². The molecule has 132 valence electrons. The monoisotopic (exact) mass is 447 g/mol. The van der Waals surface area contributed by atoms with Gasteiger partial charge in [0.05, 0.1) is 20.1 Å². The first kappa shape index (κ1) is 21.6. The van der Waals surface area contributed by atoms with Crippen LogP contribution >= 0.6 is 24.0 Å². The lowest BCUT2D eigenvalue weighted by Gasteiger charge is -2.13. The van der Waals surface area contributed by atoms with Gasteiger partial charge in [-0.25, -0.2) is 4.99 Å². The molecule has 23 heavy (non-hydrogen) atoms. The second-order valence-corrected chi connectivity index (χ2v) is 4.46. The summed E-state index contributed by atoms with van der Waals surface area (Å²) in [7, 11) is 1.44. The van der Waals surface area contributed by atoms with E-state index < -0.39 is 12.6 Å². The molecule has 0 aliphatic heterocycles. The maximum Gasteiger partial charge on any atom is 0.390 e. The molecule has 0 aromatic heterocycles. The molecule has 1 aromatic rings. The van der Waals surface area contributed by atoms with Gasteiger partial charge in [0, 0.05) is 18.7 Å². The summed E-state index contributed by atoms with van der Waals surface area (Å²) in [5.74, 6) is 0.552. The Bertz CT molecular complexity index is 511. The summed E-state index contributed by atoms with van der Waals surface area (Å²) in [6, 6.07) is 4.98. The standard InChI is InChI=1S/C14H20F3N3O2.HI/c1-3-18-13(19-8-7-14(15,16)17)20-9-10-5-4-6-11(22-2)12(10)21;/h4-6,21H,3,7-9H2,1-2H3,(H2,18,19,20);1H. The summed E-state index contributed by atoms with van der Waals surface area (Å²) in [4.78, 5) is 4.15. The minimum atomic E-state index is -4.21. The number of phenols is 1. The van der Waals surface area contributed by atoms with Crippen LogP contribution in [0, 0.1) is 0 Å². The smallest absolute Gasteiger partial charge is 0.390 e. The van der Waals surface area contributed by atoms with Gasteiger partial charge in [0.15, 0.2) is 17.5 Å². The van der Waals surface area contributed by atoms with E-state index in [0.29, 0.717) is 17.9 Å². The number of alkyl halides is 3. The van der Waals surface area contributed by atoms with Gasteiger partial charge in [0.2, 0.25) is 0 Å². The van der Waals surface area contributed by atoms with Crippen LogP contribution in [0.2, 0.25) is 0 Å². The third-order valence-electron chi connectivity index (χ3n) is 2.76. The Hall–Kier alpha value is -1.39. The molecule has 0 fully saturated rings. The number of nitrogens with one attached hydrogen (secondary N) is 2. The van der Waals surface area contributed by atoms with Crippen molar-refractivity contribution in [3.63, 3.8) is 0 Å². The summed E-state index contributed by atoms with van der Waals surface area (Å²) in [5, 5.41) is 15.4. The molecule has 0 aliphatic carbocycles. The second-order valence-electron chi connectivity index (χ2n) is 4.46. The van der Waals surface area contributed by atoms with Crippen molar-refractivity contribution in [2.75, 3.05) is 20.2 Å².